The standard InChI is InChI=1S/C20H20N4O4/c1-13(25)21-15-4-3-5-16(12-15)22-18(26)10-11-19-23-20(24-28-19)14-6-8-17(27-2)9-7-14/h3-9,12H,10-11H2,1-2H3,(H,21,25)(H,22,26). The van der Waals surface area contributed by atoms with E-state index in [1.165, 1.54) is 6.92 Å². The number of hydrogen-bond donors (Lipinski definition) is 2. The van der Waals surface area contributed by atoms with Crippen LogP contribution >= 0.6 is 0 Å². The first kappa shape index (κ1) is 19.1. The zero-order valence-corrected chi connectivity index (χ0v) is 15.6. The molecule has 0 aliphatic heterocycles. The van der Waals surface area contributed by atoms with E-state index in [1.54, 1.807) is 31.4 Å². The molecular formula is C20H20N4O4. The van der Waals surface area contributed by atoms with Crippen LogP contribution in [0.1, 0.15) is 19.2 Å². The summed E-state index contributed by atoms with van der Waals surface area (Å²) < 4.78 is 10.3. The summed E-state index contributed by atoms with van der Waals surface area (Å²) in [6, 6.07) is 14.2. The minimum absolute atomic E-state index is 0.174. The lowest BCUT2D eigenvalue weighted by molar-refractivity contribution is -0.116. The van der Waals surface area contributed by atoms with Crippen molar-refractivity contribution < 1.29 is 18.8 Å². The van der Waals surface area contributed by atoms with E-state index in [-0.39, 0.29) is 18.2 Å². The third-order valence-electron chi connectivity index (χ3n) is 3.85. The van der Waals surface area contributed by atoms with Crippen molar-refractivity contribution in [2.24, 2.45) is 0 Å². The van der Waals surface area contributed by atoms with Crippen molar-refractivity contribution in [3.8, 4) is 17.1 Å². The molecule has 0 radical (unpaired) electrons. The molecule has 0 spiro atoms. The molecule has 3 rings (SSSR count). The highest BCUT2D eigenvalue weighted by molar-refractivity contribution is 5.93. The SMILES string of the molecule is COc1ccc(-c2noc(CCC(=O)Nc3cccc(NC(C)=O)c3)n2)cc1. The molecule has 28 heavy (non-hydrogen) atoms. The van der Waals surface area contributed by atoms with Gasteiger partial charge in [0.1, 0.15) is 5.75 Å². The smallest absolute Gasteiger partial charge is 0.227 e. The van der Waals surface area contributed by atoms with Crippen molar-refractivity contribution >= 4 is 23.2 Å². The van der Waals surface area contributed by atoms with Crippen LogP contribution in [0.25, 0.3) is 11.4 Å². The highest BCUT2D eigenvalue weighted by Crippen LogP contribution is 2.20. The lowest BCUT2D eigenvalue weighted by Gasteiger charge is -2.07. The summed E-state index contributed by atoms with van der Waals surface area (Å²) in [5.74, 6) is 1.22. The Morgan fingerprint density at radius 1 is 1.07 bits per heavy atom. The first-order chi connectivity index (χ1) is 13.5. The van der Waals surface area contributed by atoms with Crippen LogP contribution in [0, 0.1) is 0 Å². The number of amides is 2. The maximum absolute atomic E-state index is 12.2. The number of rotatable bonds is 7. The highest BCUT2D eigenvalue weighted by Gasteiger charge is 2.11. The van der Waals surface area contributed by atoms with Crippen molar-refractivity contribution in [2.45, 2.75) is 19.8 Å². The second kappa shape index (κ2) is 8.81. The summed E-state index contributed by atoms with van der Waals surface area (Å²) in [5, 5.41) is 9.40. The van der Waals surface area contributed by atoms with Crippen LogP contribution < -0.4 is 15.4 Å². The molecule has 8 nitrogen and oxygen atoms in total. The fourth-order valence-corrected chi connectivity index (χ4v) is 2.54. The first-order valence-corrected chi connectivity index (χ1v) is 8.68. The van der Waals surface area contributed by atoms with Crippen molar-refractivity contribution in [1.82, 2.24) is 10.1 Å². The molecule has 0 atom stereocenters. The number of anilines is 2. The Kier molecular flexibility index (Phi) is 6.01. The molecule has 0 fully saturated rings. The normalized spacial score (nSPS) is 10.4. The van der Waals surface area contributed by atoms with Gasteiger partial charge >= 0.3 is 0 Å². The van der Waals surface area contributed by atoms with E-state index in [2.05, 4.69) is 20.8 Å². The largest absolute Gasteiger partial charge is 0.497 e. The van der Waals surface area contributed by atoms with Crippen molar-refractivity contribution in [2.75, 3.05) is 17.7 Å². The maximum atomic E-state index is 12.2. The van der Waals surface area contributed by atoms with E-state index in [9.17, 15) is 9.59 Å². The van der Waals surface area contributed by atoms with Crippen LogP contribution in [-0.2, 0) is 16.0 Å². The summed E-state index contributed by atoms with van der Waals surface area (Å²) in [6.07, 6.45) is 0.509. The van der Waals surface area contributed by atoms with Gasteiger partial charge in [-0.15, -0.1) is 0 Å². The predicted molar refractivity (Wildman–Crippen MR) is 104 cm³/mol. The quantitative estimate of drug-likeness (QED) is 0.651. The summed E-state index contributed by atoms with van der Waals surface area (Å²) in [4.78, 5) is 27.6. The van der Waals surface area contributed by atoms with E-state index >= 15 is 0 Å². The van der Waals surface area contributed by atoms with Crippen LogP contribution in [-0.4, -0.2) is 29.1 Å². The third kappa shape index (κ3) is 5.16. The van der Waals surface area contributed by atoms with Gasteiger partial charge in [0.2, 0.25) is 23.5 Å². The Labute approximate surface area is 161 Å². The molecule has 0 aliphatic carbocycles. The Morgan fingerprint density at radius 3 is 2.46 bits per heavy atom. The molecule has 144 valence electrons. The number of ether oxygens (including phenoxy) is 1. The molecule has 0 bridgehead atoms. The zero-order chi connectivity index (χ0) is 19.9. The van der Waals surface area contributed by atoms with Gasteiger partial charge in [0.15, 0.2) is 0 Å². The number of nitrogens with one attached hydrogen (secondary N) is 2. The van der Waals surface area contributed by atoms with Gasteiger partial charge in [0, 0.05) is 36.7 Å². The summed E-state index contributed by atoms with van der Waals surface area (Å²) >= 11 is 0. The molecule has 2 N–H and O–H groups in total. The van der Waals surface area contributed by atoms with Crippen LogP contribution in [0.3, 0.4) is 0 Å². The van der Waals surface area contributed by atoms with Gasteiger partial charge in [0.05, 0.1) is 7.11 Å². The van der Waals surface area contributed by atoms with E-state index in [0.29, 0.717) is 29.5 Å². The Balaban J connectivity index is 1.55. The fourth-order valence-electron chi connectivity index (χ4n) is 2.54. The summed E-state index contributed by atoms with van der Waals surface area (Å²) in [6.45, 7) is 1.43. The number of methoxy groups -OCH3 is 1. The van der Waals surface area contributed by atoms with Gasteiger partial charge in [-0.2, -0.15) is 4.98 Å². The highest BCUT2D eigenvalue weighted by atomic mass is 16.5. The van der Waals surface area contributed by atoms with Crippen LogP contribution in [0.15, 0.2) is 53.1 Å². The third-order valence-corrected chi connectivity index (χ3v) is 3.85. The predicted octanol–water partition coefficient (Wildman–Crippen LogP) is 3.27. The lowest BCUT2D eigenvalue weighted by atomic mass is 10.2. The first-order valence-electron chi connectivity index (χ1n) is 8.68. The topological polar surface area (TPSA) is 106 Å². The number of aromatic nitrogens is 2. The van der Waals surface area contributed by atoms with Gasteiger partial charge in [-0.3, -0.25) is 9.59 Å². The molecule has 2 aromatic carbocycles. The average molecular weight is 380 g/mol. The van der Waals surface area contributed by atoms with Gasteiger partial charge in [0.25, 0.3) is 0 Å². The molecular weight excluding hydrogens is 360 g/mol. The molecule has 2 amide bonds. The molecule has 3 aromatic rings. The number of carbonyl (C=O) groups is 2. The lowest BCUT2D eigenvalue weighted by Crippen LogP contribution is -2.13. The zero-order valence-electron chi connectivity index (χ0n) is 15.6. The number of benzene rings is 2. The average Bonchev–Trinajstić information content (AvgIpc) is 3.15. The Morgan fingerprint density at radius 2 is 1.79 bits per heavy atom. The summed E-state index contributed by atoms with van der Waals surface area (Å²) in [7, 11) is 1.60. The number of aryl methyl sites for hydroxylation is 1. The monoisotopic (exact) mass is 380 g/mol. The molecule has 1 heterocycles. The van der Waals surface area contributed by atoms with Gasteiger partial charge in [-0.05, 0) is 42.5 Å². The number of hydrogen-bond acceptors (Lipinski definition) is 6. The Bertz CT molecular complexity index is 966. The van der Waals surface area contributed by atoms with Crippen molar-refractivity contribution in [3.63, 3.8) is 0 Å². The van der Waals surface area contributed by atoms with Gasteiger partial charge < -0.3 is 19.9 Å². The molecule has 0 saturated heterocycles. The summed E-state index contributed by atoms with van der Waals surface area (Å²) in [5.41, 5.74) is 2.02. The van der Waals surface area contributed by atoms with Crippen molar-refractivity contribution in [3.05, 3.63) is 54.4 Å². The molecule has 1 aromatic heterocycles. The van der Waals surface area contributed by atoms with Gasteiger partial charge in [-0.1, -0.05) is 11.2 Å². The van der Waals surface area contributed by atoms with Crippen LogP contribution in [0.4, 0.5) is 11.4 Å². The second-order valence-electron chi connectivity index (χ2n) is 6.05. The van der Waals surface area contributed by atoms with E-state index < -0.39 is 0 Å². The minimum Gasteiger partial charge on any atom is -0.497 e. The second-order valence-corrected chi connectivity index (χ2v) is 6.05. The number of carbonyl (C=O) groups excluding carboxylic acids is 2. The van der Waals surface area contributed by atoms with Crippen LogP contribution in [0.2, 0.25) is 0 Å². The molecule has 0 aliphatic rings. The Hall–Kier alpha value is -3.68. The van der Waals surface area contributed by atoms with Crippen molar-refractivity contribution in [1.29, 1.82) is 0 Å². The molecule has 0 saturated carbocycles. The van der Waals surface area contributed by atoms with Crippen LogP contribution in [0.5, 0.6) is 5.75 Å². The minimum atomic E-state index is -0.191. The molecule has 0 unspecified atom stereocenters. The van der Waals surface area contributed by atoms with E-state index in [0.717, 1.165) is 11.3 Å². The fraction of sp³-hybridized carbons (Fsp3) is 0.200. The molecule has 8 heteroatoms. The van der Waals surface area contributed by atoms with E-state index in [4.69, 9.17) is 9.26 Å². The maximum Gasteiger partial charge on any atom is 0.227 e. The van der Waals surface area contributed by atoms with Gasteiger partial charge in [-0.25, -0.2) is 0 Å². The van der Waals surface area contributed by atoms with E-state index in [1.807, 2.05) is 24.3 Å². The number of nitrogens with zero attached hydrogens (tertiary/aromatic N) is 2.